The Labute approximate surface area is 94.9 Å². The third kappa shape index (κ3) is 1.44. The molecule has 2 aliphatic rings. The molecule has 2 saturated carbocycles. The van der Waals surface area contributed by atoms with Crippen molar-refractivity contribution >= 4 is 11.3 Å². The van der Waals surface area contributed by atoms with Crippen LogP contribution in [0.25, 0.3) is 0 Å². The molecule has 2 atom stereocenters. The second kappa shape index (κ2) is 3.05. The van der Waals surface area contributed by atoms with Crippen LogP contribution in [0.4, 0.5) is 0 Å². The minimum absolute atomic E-state index is 0.379. The first kappa shape index (κ1) is 9.79. The van der Waals surface area contributed by atoms with Gasteiger partial charge in [-0.3, -0.25) is 0 Å². The summed E-state index contributed by atoms with van der Waals surface area (Å²) in [5, 5.41) is 3.62. The van der Waals surface area contributed by atoms with Gasteiger partial charge in [0, 0.05) is 17.2 Å². The monoisotopic (exact) mass is 222 g/mol. The zero-order valence-electron chi connectivity index (χ0n) is 9.36. The standard InChI is InChI=1S/C12H18N2S/c1-12(2)8(5-13)10(12)9-6-15-11(14-9)7-3-4-7/h6-8,10H,3-5,13H2,1-2H3/t8-,10+/m1/s1. The molecule has 0 radical (unpaired) electrons. The van der Waals surface area contributed by atoms with Gasteiger partial charge >= 0.3 is 0 Å². The lowest BCUT2D eigenvalue weighted by atomic mass is 10.1. The topological polar surface area (TPSA) is 38.9 Å². The summed E-state index contributed by atoms with van der Waals surface area (Å²) in [6, 6.07) is 0. The summed E-state index contributed by atoms with van der Waals surface area (Å²) in [6.07, 6.45) is 2.70. The van der Waals surface area contributed by atoms with Crippen LogP contribution in [-0.2, 0) is 0 Å². The van der Waals surface area contributed by atoms with E-state index in [9.17, 15) is 0 Å². The molecule has 1 heterocycles. The van der Waals surface area contributed by atoms with E-state index in [1.807, 2.05) is 11.3 Å². The van der Waals surface area contributed by atoms with Crippen molar-refractivity contribution in [3.05, 3.63) is 16.1 Å². The van der Waals surface area contributed by atoms with Gasteiger partial charge in [0.2, 0.25) is 0 Å². The summed E-state index contributed by atoms with van der Waals surface area (Å²) >= 11 is 1.85. The molecule has 82 valence electrons. The Morgan fingerprint density at radius 2 is 2.27 bits per heavy atom. The van der Waals surface area contributed by atoms with Crippen molar-refractivity contribution < 1.29 is 0 Å². The summed E-state index contributed by atoms with van der Waals surface area (Å²) < 4.78 is 0. The van der Waals surface area contributed by atoms with Crippen LogP contribution in [0.5, 0.6) is 0 Å². The minimum atomic E-state index is 0.379. The fraction of sp³-hybridized carbons (Fsp3) is 0.750. The van der Waals surface area contributed by atoms with E-state index in [4.69, 9.17) is 10.7 Å². The van der Waals surface area contributed by atoms with Crippen LogP contribution < -0.4 is 5.73 Å². The number of hydrogen-bond donors (Lipinski definition) is 1. The quantitative estimate of drug-likeness (QED) is 0.854. The van der Waals surface area contributed by atoms with E-state index < -0.39 is 0 Å². The molecular formula is C12H18N2S. The molecule has 2 nitrogen and oxygen atoms in total. The van der Waals surface area contributed by atoms with Crippen molar-refractivity contribution in [1.82, 2.24) is 4.98 Å². The Morgan fingerprint density at radius 3 is 2.80 bits per heavy atom. The summed E-state index contributed by atoms with van der Waals surface area (Å²) in [6.45, 7) is 5.42. The van der Waals surface area contributed by atoms with Gasteiger partial charge in [-0.15, -0.1) is 11.3 Å². The number of aromatic nitrogens is 1. The molecule has 2 N–H and O–H groups in total. The number of nitrogens with two attached hydrogens (primary N) is 1. The Morgan fingerprint density at radius 1 is 1.53 bits per heavy atom. The van der Waals surface area contributed by atoms with E-state index in [-0.39, 0.29) is 0 Å². The highest BCUT2D eigenvalue weighted by molar-refractivity contribution is 7.09. The highest BCUT2D eigenvalue weighted by Crippen LogP contribution is 2.64. The van der Waals surface area contributed by atoms with Crippen LogP contribution in [0.15, 0.2) is 5.38 Å². The molecule has 0 spiro atoms. The Bertz CT molecular complexity index is 379. The third-order valence-electron chi connectivity index (χ3n) is 4.09. The second-order valence-corrected chi connectivity index (χ2v) is 6.42. The summed E-state index contributed by atoms with van der Waals surface area (Å²) in [4.78, 5) is 4.79. The van der Waals surface area contributed by atoms with Crippen LogP contribution in [0.3, 0.4) is 0 Å². The van der Waals surface area contributed by atoms with Gasteiger partial charge < -0.3 is 5.73 Å². The van der Waals surface area contributed by atoms with Gasteiger partial charge in [0.15, 0.2) is 0 Å². The van der Waals surface area contributed by atoms with Gasteiger partial charge in [-0.25, -0.2) is 4.98 Å². The molecular weight excluding hydrogens is 204 g/mol. The van der Waals surface area contributed by atoms with Gasteiger partial charge in [-0.2, -0.15) is 0 Å². The van der Waals surface area contributed by atoms with Crippen LogP contribution in [0, 0.1) is 11.3 Å². The maximum atomic E-state index is 5.79. The highest BCUT2D eigenvalue weighted by atomic mass is 32.1. The molecule has 15 heavy (non-hydrogen) atoms. The Kier molecular flexibility index (Phi) is 1.99. The predicted molar refractivity (Wildman–Crippen MR) is 63.2 cm³/mol. The zero-order chi connectivity index (χ0) is 10.6. The summed E-state index contributed by atoms with van der Waals surface area (Å²) in [7, 11) is 0. The Hall–Kier alpha value is -0.410. The van der Waals surface area contributed by atoms with Crippen LogP contribution >= 0.6 is 11.3 Å². The van der Waals surface area contributed by atoms with Gasteiger partial charge in [-0.05, 0) is 30.7 Å². The van der Waals surface area contributed by atoms with E-state index >= 15 is 0 Å². The Balaban J connectivity index is 1.81. The van der Waals surface area contributed by atoms with Gasteiger partial charge in [-0.1, -0.05) is 13.8 Å². The van der Waals surface area contributed by atoms with Crippen molar-refractivity contribution in [2.45, 2.75) is 38.5 Å². The maximum Gasteiger partial charge on any atom is 0.0959 e. The van der Waals surface area contributed by atoms with Crippen molar-refractivity contribution in [3.63, 3.8) is 0 Å². The van der Waals surface area contributed by atoms with Gasteiger partial charge in [0.05, 0.1) is 10.7 Å². The predicted octanol–water partition coefficient (Wildman–Crippen LogP) is 2.72. The number of rotatable bonds is 3. The largest absolute Gasteiger partial charge is 0.330 e. The molecule has 0 aromatic carbocycles. The molecule has 1 aromatic rings. The van der Waals surface area contributed by atoms with Gasteiger partial charge in [0.25, 0.3) is 0 Å². The molecule has 0 saturated heterocycles. The van der Waals surface area contributed by atoms with E-state index in [1.165, 1.54) is 23.5 Å². The molecule has 2 fully saturated rings. The van der Waals surface area contributed by atoms with Crippen molar-refractivity contribution in [2.75, 3.05) is 6.54 Å². The molecule has 2 aliphatic carbocycles. The zero-order valence-corrected chi connectivity index (χ0v) is 10.2. The smallest absolute Gasteiger partial charge is 0.0959 e. The van der Waals surface area contributed by atoms with E-state index in [0.29, 0.717) is 17.3 Å². The number of thiazole rings is 1. The normalized spacial score (nSPS) is 33.0. The van der Waals surface area contributed by atoms with Crippen LogP contribution in [0.1, 0.15) is 49.2 Å². The average Bonchev–Trinajstić information content (AvgIpc) is 3.06. The molecule has 0 bridgehead atoms. The molecule has 1 aromatic heterocycles. The number of hydrogen-bond acceptors (Lipinski definition) is 3. The minimum Gasteiger partial charge on any atom is -0.330 e. The number of nitrogens with zero attached hydrogens (tertiary/aromatic N) is 1. The highest BCUT2D eigenvalue weighted by Gasteiger charge is 2.58. The molecule has 0 amide bonds. The lowest BCUT2D eigenvalue weighted by molar-refractivity contribution is 0.557. The van der Waals surface area contributed by atoms with Crippen LogP contribution in [-0.4, -0.2) is 11.5 Å². The molecule has 3 rings (SSSR count). The first-order valence-electron chi connectivity index (χ1n) is 5.80. The molecule has 0 aliphatic heterocycles. The summed E-state index contributed by atoms with van der Waals surface area (Å²) in [5.74, 6) is 2.06. The van der Waals surface area contributed by atoms with Crippen molar-refractivity contribution in [1.29, 1.82) is 0 Å². The van der Waals surface area contributed by atoms with E-state index in [2.05, 4.69) is 19.2 Å². The average molecular weight is 222 g/mol. The fourth-order valence-electron chi connectivity index (χ4n) is 2.73. The van der Waals surface area contributed by atoms with Gasteiger partial charge in [0.1, 0.15) is 0 Å². The van der Waals surface area contributed by atoms with Crippen LogP contribution in [0.2, 0.25) is 0 Å². The van der Waals surface area contributed by atoms with Crippen molar-refractivity contribution in [3.8, 4) is 0 Å². The van der Waals surface area contributed by atoms with E-state index in [0.717, 1.165) is 12.5 Å². The maximum absolute atomic E-state index is 5.79. The SMILES string of the molecule is CC1(C)[C@H](CN)[C@H]1c1csc(C2CC2)n1. The van der Waals surface area contributed by atoms with Crippen molar-refractivity contribution in [2.24, 2.45) is 17.1 Å². The second-order valence-electron chi connectivity index (χ2n) is 5.53. The lowest BCUT2D eigenvalue weighted by Gasteiger charge is -1.98. The first-order chi connectivity index (χ1) is 7.14. The first-order valence-corrected chi connectivity index (χ1v) is 6.68. The lowest BCUT2D eigenvalue weighted by Crippen LogP contribution is -2.05. The third-order valence-corrected chi connectivity index (χ3v) is 5.11. The molecule has 3 heteroatoms. The van der Waals surface area contributed by atoms with E-state index in [1.54, 1.807) is 0 Å². The molecule has 0 unspecified atom stereocenters. The fourth-order valence-corrected chi connectivity index (χ4v) is 3.76. The summed E-state index contributed by atoms with van der Waals surface area (Å²) in [5.41, 5.74) is 7.48.